The monoisotopic (exact) mass is 261 g/mol. The molecule has 0 bridgehead atoms. The normalized spacial score (nSPS) is 19.0. The van der Waals surface area contributed by atoms with Gasteiger partial charge in [0.05, 0.1) is 12.6 Å². The molecular weight excluding hydrogens is 242 g/mol. The molecule has 1 aromatic carbocycles. The van der Waals surface area contributed by atoms with Crippen LogP contribution in [0.15, 0.2) is 42.5 Å². The van der Waals surface area contributed by atoms with E-state index in [-0.39, 0.29) is 18.7 Å². The molecule has 1 N–H and O–H groups in total. The molecule has 1 saturated heterocycles. The van der Waals surface area contributed by atoms with Crippen molar-refractivity contribution < 1.29 is 14.6 Å². The van der Waals surface area contributed by atoms with Gasteiger partial charge in [-0.15, -0.1) is 0 Å². The van der Waals surface area contributed by atoms with E-state index in [0.29, 0.717) is 13.2 Å². The molecule has 0 saturated carbocycles. The fourth-order valence-corrected chi connectivity index (χ4v) is 2.24. The van der Waals surface area contributed by atoms with Crippen LogP contribution in [0.3, 0.4) is 0 Å². The molecular formula is C15H19NO3. The number of benzene rings is 1. The van der Waals surface area contributed by atoms with E-state index in [2.05, 4.69) is 0 Å². The van der Waals surface area contributed by atoms with Gasteiger partial charge in [-0.25, -0.2) is 4.79 Å². The highest BCUT2D eigenvalue weighted by Gasteiger charge is 2.27. The molecule has 0 aromatic heterocycles. The number of carbonyl (C=O) groups is 1. The lowest BCUT2D eigenvalue weighted by atomic mass is 10.2. The Bertz CT molecular complexity index is 430. The Morgan fingerprint density at radius 1 is 1.42 bits per heavy atom. The van der Waals surface area contributed by atoms with E-state index < -0.39 is 0 Å². The van der Waals surface area contributed by atoms with Gasteiger partial charge in [0.15, 0.2) is 0 Å². The third-order valence-electron chi connectivity index (χ3n) is 3.20. The summed E-state index contributed by atoms with van der Waals surface area (Å²) in [5.41, 5.74) is 0.984. The molecule has 1 heterocycles. The number of carbonyl (C=O) groups excluding carboxylic acids is 1. The summed E-state index contributed by atoms with van der Waals surface area (Å²) in [4.78, 5) is 13.7. The van der Waals surface area contributed by atoms with Crippen LogP contribution in [0, 0.1) is 0 Å². The van der Waals surface area contributed by atoms with Crippen LogP contribution in [0.2, 0.25) is 0 Å². The first-order valence-corrected chi connectivity index (χ1v) is 6.56. The molecule has 1 aliphatic heterocycles. The third kappa shape index (κ3) is 3.83. The lowest BCUT2D eigenvalue weighted by molar-refractivity contribution is 0.0974. The van der Waals surface area contributed by atoms with Crippen LogP contribution in [-0.2, 0) is 11.3 Å². The minimum absolute atomic E-state index is 0.00338. The Balaban J connectivity index is 1.87. The molecule has 1 aromatic rings. The predicted molar refractivity (Wildman–Crippen MR) is 72.6 cm³/mol. The maximum atomic E-state index is 12.0. The number of aliphatic hydroxyl groups is 1. The van der Waals surface area contributed by atoms with Gasteiger partial charge < -0.3 is 14.7 Å². The van der Waals surface area contributed by atoms with E-state index in [1.165, 1.54) is 0 Å². The largest absolute Gasteiger partial charge is 0.445 e. The number of aliphatic hydroxyl groups excluding tert-OH is 1. The molecule has 1 amide bonds. The van der Waals surface area contributed by atoms with Gasteiger partial charge in [-0.2, -0.15) is 0 Å². The van der Waals surface area contributed by atoms with Crippen molar-refractivity contribution in [1.82, 2.24) is 4.90 Å². The van der Waals surface area contributed by atoms with Gasteiger partial charge in [0.25, 0.3) is 0 Å². The average Bonchev–Trinajstić information content (AvgIpc) is 2.92. The van der Waals surface area contributed by atoms with Crippen LogP contribution in [-0.4, -0.2) is 35.3 Å². The predicted octanol–water partition coefficient (Wildman–Crippen LogP) is 2.34. The summed E-state index contributed by atoms with van der Waals surface area (Å²) >= 11 is 0. The van der Waals surface area contributed by atoms with Gasteiger partial charge in [-0.05, 0) is 18.4 Å². The van der Waals surface area contributed by atoms with Crippen molar-refractivity contribution in [2.75, 3.05) is 13.2 Å². The summed E-state index contributed by atoms with van der Waals surface area (Å²) in [6.07, 6.45) is 5.16. The second kappa shape index (κ2) is 6.95. The Labute approximate surface area is 113 Å². The van der Waals surface area contributed by atoms with Crippen molar-refractivity contribution in [3.05, 3.63) is 48.0 Å². The molecule has 1 atom stereocenters. The Morgan fingerprint density at radius 2 is 2.21 bits per heavy atom. The molecule has 4 nitrogen and oxygen atoms in total. The van der Waals surface area contributed by atoms with E-state index >= 15 is 0 Å². The van der Waals surface area contributed by atoms with Crippen LogP contribution >= 0.6 is 0 Å². The van der Waals surface area contributed by atoms with Gasteiger partial charge in [0.1, 0.15) is 6.61 Å². The maximum absolute atomic E-state index is 12.0. The summed E-state index contributed by atoms with van der Waals surface area (Å²) in [6, 6.07) is 9.69. The summed E-state index contributed by atoms with van der Waals surface area (Å²) in [5, 5.41) is 8.78. The maximum Gasteiger partial charge on any atom is 0.410 e. The van der Waals surface area contributed by atoms with Crippen LogP contribution in [0.25, 0.3) is 0 Å². The lowest BCUT2D eigenvalue weighted by Gasteiger charge is -2.21. The smallest absolute Gasteiger partial charge is 0.410 e. The van der Waals surface area contributed by atoms with Gasteiger partial charge >= 0.3 is 6.09 Å². The second-order valence-electron chi connectivity index (χ2n) is 4.55. The van der Waals surface area contributed by atoms with Crippen molar-refractivity contribution in [3.63, 3.8) is 0 Å². The SMILES string of the molecule is O=C(OCc1ccccc1)N1CCC[C@@H]1C=CCO. The molecule has 1 aliphatic rings. The molecule has 102 valence electrons. The molecule has 19 heavy (non-hydrogen) atoms. The van der Waals surface area contributed by atoms with E-state index in [4.69, 9.17) is 9.84 Å². The number of nitrogens with zero attached hydrogens (tertiary/aromatic N) is 1. The molecule has 1 fully saturated rings. The Kier molecular flexibility index (Phi) is 4.98. The standard InChI is InChI=1S/C15H19NO3/c17-11-5-9-14-8-4-10-16(14)15(18)19-12-13-6-2-1-3-7-13/h1-3,5-7,9,14,17H,4,8,10-12H2/t14-/m1/s1. The van der Waals surface area contributed by atoms with Gasteiger partial charge in [-0.3, -0.25) is 0 Å². The lowest BCUT2D eigenvalue weighted by Crippen LogP contribution is -2.34. The van der Waals surface area contributed by atoms with Crippen LogP contribution in [0.1, 0.15) is 18.4 Å². The minimum Gasteiger partial charge on any atom is -0.445 e. The quantitative estimate of drug-likeness (QED) is 0.846. The molecule has 2 rings (SSSR count). The van der Waals surface area contributed by atoms with Gasteiger partial charge in [0, 0.05) is 6.54 Å². The molecule has 0 unspecified atom stereocenters. The summed E-state index contributed by atoms with van der Waals surface area (Å²) in [5.74, 6) is 0. The summed E-state index contributed by atoms with van der Waals surface area (Å²) < 4.78 is 5.31. The number of ether oxygens (including phenoxy) is 1. The number of hydrogen-bond donors (Lipinski definition) is 1. The van der Waals surface area contributed by atoms with Gasteiger partial charge in [0.2, 0.25) is 0 Å². The fourth-order valence-electron chi connectivity index (χ4n) is 2.24. The highest BCUT2D eigenvalue weighted by atomic mass is 16.6. The molecule has 0 spiro atoms. The number of amides is 1. The van der Waals surface area contributed by atoms with E-state index in [1.807, 2.05) is 36.4 Å². The topological polar surface area (TPSA) is 49.8 Å². The zero-order chi connectivity index (χ0) is 13.5. The third-order valence-corrected chi connectivity index (χ3v) is 3.20. The van der Waals surface area contributed by atoms with Crippen molar-refractivity contribution in [2.45, 2.75) is 25.5 Å². The van der Waals surface area contributed by atoms with E-state index in [1.54, 1.807) is 11.0 Å². The first-order valence-electron chi connectivity index (χ1n) is 6.56. The molecule has 0 radical (unpaired) electrons. The fraction of sp³-hybridized carbons (Fsp3) is 0.400. The Hall–Kier alpha value is -1.81. The number of hydrogen-bond acceptors (Lipinski definition) is 3. The molecule has 0 aliphatic carbocycles. The first kappa shape index (κ1) is 13.6. The highest BCUT2D eigenvalue weighted by Crippen LogP contribution is 2.19. The molecule has 4 heteroatoms. The van der Waals surface area contributed by atoms with E-state index in [0.717, 1.165) is 18.4 Å². The van der Waals surface area contributed by atoms with E-state index in [9.17, 15) is 4.79 Å². The van der Waals surface area contributed by atoms with Crippen molar-refractivity contribution >= 4 is 6.09 Å². The Morgan fingerprint density at radius 3 is 2.95 bits per heavy atom. The highest BCUT2D eigenvalue weighted by molar-refractivity contribution is 5.68. The number of likely N-dealkylation sites (tertiary alicyclic amines) is 1. The zero-order valence-electron chi connectivity index (χ0n) is 10.9. The minimum atomic E-state index is -0.283. The van der Waals surface area contributed by atoms with Crippen molar-refractivity contribution in [2.24, 2.45) is 0 Å². The van der Waals surface area contributed by atoms with Crippen molar-refractivity contribution in [1.29, 1.82) is 0 Å². The second-order valence-corrected chi connectivity index (χ2v) is 4.55. The van der Waals surface area contributed by atoms with Crippen LogP contribution in [0.4, 0.5) is 4.79 Å². The average molecular weight is 261 g/mol. The summed E-state index contributed by atoms with van der Waals surface area (Å²) in [7, 11) is 0. The van der Waals surface area contributed by atoms with Crippen LogP contribution in [0.5, 0.6) is 0 Å². The summed E-state index contributed by atoms with van der Waals surface area (Å²) in [6.45, 7) is 1.02. The first-order chi connectivity index (χ1) is 9.31. The van der Waals surface area contributed by atoms with Crippen molar-refractivity contribution in [3.8, 4) is 0 Å². The zero-order valence-corrected chi connectivity index (χ0v) is 10.9. The number of rotatable bonds is 4. The van der Waals surface area contributed by atoms with Crippen LogP contribution < -0.4 is 0 Å². The van der Waals surface area contributed by atoms with Gasteiger partial charge in [-0.1, -0.05) is 42.5 Å².